The molecule has 0 atom stereocenters. The highest BCUT2D eigenvalue weighted by molar-refractivity contribution is 5.24. The molecule has 104 valence electrons. The van der Waals surface area contributed by atoms with E-state index in [0.29, 0.717) is 0 Å². The highest BCUT2D eigenvalue weighted by Gasteiger charge is 2.12. The largest absolute Gasteiger partial charge is 0.432 e. The molecule has 1 aromatic rings. The van der Waals surface area contributed by atoms with Crippen LogP contribution in [0.1, 0.15) is 52.7 Å². The molecule has 0 spiro atoms. The molecule has 0 bridgehead atoms. The molecular formula is C14H27N3O. The fraction of sp³-hybridized carbons (Fsp3) is 0.786. The van der Waals surface area contributed by atoms with E-state index in [0.717, 1.165) is 24.8 Å². The Kier molecular flexibility index (Phi) is 5.66. The van der Waals surface area contributed by atoms with Crippen molar-refractivity contribution < 1.29 is 4.42 Å². The molecule has 0 unspecified atom stereocenters. The molecule has 1 heterocycles. The second-order valence-electron chi connectivity index (χ2n) is 5.85. The van der Waals surface area contributed by atoms with Crippen LogP contribution in [0.5, 0.6) is 0 Å². The van der Waals surface area contributed by atoms with E-state index in [1.165, 1.54) is 19.3 Å². The van der Waals surface area contributed by atoms with Crippen LogP contribution in [0.4, 0.5) is 6.01 Å². The molecular weight excluding hydrogens is 226 g/mol. The van der Waals surface area contributed by atoms with Crippen LogP contribution >= 0.6 is 0 Å². The summed E-state index contributed by atoms with van der Waals surface area (Å²) >= 11 is 0. The lowest BCUT2D eigenvalue weighted by Gasteiger charge is -2.19. The number of nitrogens with zero attached hydrogens (tertiary/aromatic N) is 2. The summed E-state index contributed by atoms with van der Waals surface area (Å²) in [6.07, 6.45) is 5.42. The third-order valence-corrected chi connectivity index (χ3v) is 2.76. The van der Waals surface area contributed by atoms with Crippen molar-refractivity contribution in [1.82, 2.24) is 10.3 Å². The summed E-state index contributed by atoms with van der Waals surface area (Å²) < 4.78 is 5.50. The lowest BCUT2D eigenvalue weighted by molar-refractivity contribution is 0.421. The molecule has 1 N–H and O–H groups in total. The average molecular weight is 253 g/mol. The Morgan fingerprint density at radius 1 is 1.33 bits per heavy atom. The fourth-order valence-corrected chi connectivity index (χ4v) is 1.60. The Morgan fingerprint density at radius 2 is 2.06 bits per heavy atom. The van der Waals surface area contributed by atoms with Crippen LogP contribution in [0.2, 0.25) is 0 Å². The van der Waals surface area contributed by atoms with Crippen LogP contribution < -0.4 is 10.2 Å². The van der Waals surface area contributed by atoms with Gasteiger partial charge in [-0.05, 0) is 27.2 Å². The van der Waals surface area contributed by atoms with Crippen LogP contribution in [0.25, 0.3) is 0 Å². The second-order valence-corrected chi connectivity index (χ2v) is 5.85. The Balaban J connectivity index is 2.42. The van der Waals surface area contributed by atoms with Crippen molar-refractivity contribution >= 4 is 6.01 Å². The zero-order chi connectivity index (χ0) is 13.6. The molecule has 0 radical (unpaired) electrons. The van der Waals surface area contributed by atoms with Gasteiger partial charge in [-0.15, -0.1) is 0 Å². The molecule has 0 aliphatic heterocycles. The quantitative estimate of drug-likeness (QED) is 0.758. The smallest absolute Gasteiger partial charge is 0.297 e. The molecule has 4 nitrogen and oxygen atoms in total. The number of anilines is 1. The predicted octanol–water partition coefficient (Wildman–Crippen LogP) is 3.19. The van der Waals surface area contributed by atoms with Gasteiger partial charge < -0.3 is 14.6 Å². The number of unbranched alkanes of at least 4 members (excludes halogenated alkanes) is 2. The Hall–Kier alpha value is -1.03. The van der Waals surface area contributed by atoms with Gasteiger partial charge in [-0.25, -0.2) is 0 Å². The zero-order valence-corrected chi connectivity index (χ0v) is 12.4. The van der Waals surface area contributed by atoms with E-state index in [4.69, 9.17) is 4.42 Å². The molecule has 0 fully saturated rings. The molecule has 18 heavy (non-hydrogen) atoms. The molecule has 1 rings (SSSR count). The van der Waals surface area contributed by atoms with Gasteiger partial charge in [-0.2, -0.15) is 4.98 Å². The van der Waals surface area contributed by atoms with Gasteiger partial charge in [0.25, 0.3) is 6.01 Å². The lowest BCUT2D eigenvalue weighted by atomic mass is 10.1. The van der Waals surface area contributed by atoms with Crippen molar-refractivity contribution in [1.29, 1.82) is 0 Å². The van der Waals surface area contributed by atoms with Crippen LogP contribution in [-0.2, 0) is 6.54 Å². The SMILES string of the molecule is CCCCCN(C)c1nc(CNC(C)(C)C)co1. The van der Waals surface area contributed by atoms with Gasteiger partial charge >= 0.3 is 0 Å². The number of hydrogen-bond acceptors (Lipinski definition) is 4. The van der Waals surface area contributed by atoms with E-state index in [1.54, 1.807) is 6.26 Å². The van der Waals surface area contributed by atoms with Crippen molar-refractivity contribution in [3.63, 3.8) is 0 Å². The molecule has 0 aliphatic rings. The van der Waals surface area contributed by atoms with Crippen LogP contribution in [-0.4, -0.2) is 24.1 Å². The molecule has 0 amide bonds. The van der Waals surface area contributed by atoms with E-state index in [-0.39, 0.29) is 5.54 Å². The first-order chi connectivity index (χ1) is 8.42. The first-order valence-corrected chi connectivity index (χ1v) is 6.83. The summed E-state index contributed by atoms with van der Waals surface area (Å²) in [5, 5.41) is 3.40. The van der Waals surface area contributed by atoms with E-state index >= 15 is 0 Å². The van der Waals surface area contributed by atoms with Gasteiger partial charge in [0.15, 0.2) is 0 Å². The number of rotatable bonds is 7. The third kappa shape index (κ3) is 5.54. The summed E-state index contributed by atoms with van der Waals surface area (Å²) in [6, 6.07) is 0.719. The standard InChI is InChI=1S/C14H27N3O/c1-6-7-8-9-17(5)13-16-12(11-18-13)10-15-14(2,3)4/h11,15H,6-10H2,1-5H3. The minimum atomic E-state index is 0.103. The van der Waals surface area contributed by atoms with Gasteiger partial charge in [-0.3, -0.25) is 0 Å². The molecule has 0 aliphatic carbocycles. The average Bonchev–Trinajstić information content (AvgIpc) is 2.74. The number of hydrogen-bond donors (Lipinski definition) is 1. The normalized spacial score (nSPS) is 11.8. The number of oxazole rings is 1. The van der Waals surface area contributed by atoms with Crippen LogP contribution in [0.3, 0.4) is 0 Å². The first kappa shape index (κ1) is 15.0. The predicted molar refractivity (Wildman–Crippen MR) is 75.9 cm³/mol. The van der Waals surface area contributed by atoms with Gasteiger partial charge in [0.05, 0.1) is 5.69 Å². The summed E-state index contributed by atoms with van der Waals surface area (Å²) in [5.41, 5.74) is 1.06. The van der Waals surface area contributed by atoms with Crippen molar-refractivity contribution in [2.75, 3.05) is 18.5 Å². The monoisotopic (exact) mass is 253 g/mol. The minimum absolute atomic E-state index is 0.103. The number of nitrogens with one attached hydrogen (secondary N) is 1. The fourth-order valence-electron chi connectivity index (χ4n) is 1.60. The molecule has 0 saturated heterocycles. The van der Waals surface area contributed by atoms with Gasteiger partial charge in [0, 0.05) is 25.7 Å². The lowest BCUT2D eigenvalue weighted by Crippen LogP contribution is -2.35. The van der Waals surface area contributed by atoms with Gasteiger partial charge in [0.1, 0.15) is 6.26 Å². The number of aromatic nitrogens is 1. The van der Waals surface area contributed by atoms with Crippen molar-refractivity contribution in [2.24, 2.45) is 0 Å². The maximum atomic E-state index is 5.50. The summed E-state index contributed by atoms with van der Waals surface area (Å²) in [6.45, 7) is 10.4. The van der Waals surface area contributed by atoms with Crippen molar-refractivity contribution in [2.45, 2.75) is 59.0 Å². The maximum Gasteiger partial charge on any atom is 0.297 e. The molecule has 1 aromatic heterocycles. The Morgan fingerprint density at radius 3 is 2.67 bits per heavy atom. The molecule has 4 heteroatoms. The zero-order valence-electron chi connectivity index (χ0n) is 12.4. The summed E-state index contributed by atoms with van der Waals surface area (Å²) in [4.78, 5) is 6.57. The van der Waals surface area contributed by atoms with E-state index in [2.05, 4.69) is 42.9 Å². The minimum Gasteiger partial charge on any atom is -0.432 e. The maximum absolute atomic E-state index is 5.50. The summed E-state index contributed by atoms with van der Waals surface area (Å²) in [7, 11) is 2.03. The Bertz CT molecular complexity index is 341. The van der Waals surface area contributed by atoms with Crippen LogP contribution in [0, 0.1) is 0 Å². The highest BCUT2D eigenvalue weighted by Crippen LogP contribution is 2.13. The highest BCUT2D eigenvalue weighted by atomic mass is 16.4. The topological polar surface area (TPSA) is 41.3 Å². The van der Waals surface area contributed by atoms with Crippen LogP contribution in [0.15, 0.2) is 10.7 Å². The first-order valence-electron chi connectivity index (χ1n) is 6.83. The third-order valence-electron chi connectivity index (χ3n) is 2.76. The second kappa shape index (κ2) is 6.78. The van der Waals surface area contributed by atoms with E-state index < -0.39 is 0 Å². The van der Waals surface area contributed by atoms with E-state index in [1.807, 2.05) is 7.05 Å². The summed E-state index contributed by atoms with van der Waals surface area (Å²) in [5.74, 6) is 0. The Labute approximate surface area is 111 Å². The van der Waals surface area contributed by atoms with Gasteiger partial charge in [0.2, 0.25) is 0 Å². The van der Waals surface area contributed by atoms with Crippen molar-refractivity contribution in [3.8, 4) is 0 Å². The van der Waals surface area contributed by atoms with E-state index in [9.17, 15) is 0 Å². The van der Waals surface area contributed by atoms with Crippen molar-refractivity contribution in [3.05, 3.63) is 12.0 Å². The molecule has 0 saturated carbocycles. The molecule has 0 aromatic carbocycles. The van der Waals surface area contributed by atoms with Gasteiger partial charge in [-0.1, -0.05) is 19.8 Å².